The first-order chi connectivity index (χ1) is 10.7. The molecular formula is C18H24N4. The fraction of sp³-hybridized carbons (Fsp3) is 0.389. The van der Waals surface area contributed by atoms with Crippen LogP contribution < -0.4 is 11.1 Å². The van der Waals surface area contributed by atoms with Crippen molar-refractivity contribution in [1.29, 1.82) is 0 Å². The molecule has 1 fully saturated rings. The second kappa shape index (κ2) is 6.79. The van der Waals surface area contributed by atoms with Crippen molar-refractivity contribution in [3.05, 3.63) is 53.7 Å². The van der Waals surface area contributed by atoms with E-state index in [0.29, 0.717) is 6.04 Å². The molecule has 0 radical (unpaired) electrons. The minimum Gasteiger partial charge on any atom is -0.396 e. The number of anilines is 2. The molecule has 4 heteroatoms. The maximum absolute atomic E-state index is 6.03. The standard InChI is InChI=1S/C18H24N4/c1-14-11-17(19)18(20-12-14)21-16-7-9-22(10-8-16)13-15-5-3-2-4-6-15/h2-6,11-12,16H,7-10,13,19H2,1H3,(H,20,21). The van der Waals surface area contributed by atoms with E-state index in [2.05, 4.69) is 45.5 Å². The number of aryl methyl sites for hydroxylation is 1. The topological polar surface area (TPSA) is 54.2 Å². The van der Waals surface area contributed by atoms with Gasteiger partial charge in [0, 0.05) is 31.9 Å². The number of hydrogen-bond donors (Lipinski definition) is 2. The van der Waals surface area contributed by atoms with Crippen LogP contribution in [-0.2, 0) is 6.54 Å². The summed E-state index contributed by atoms with van der Waals surface area (Å²) in [5.41, 5.74) is 9.26. The molecule has 22 heavy (non-hydrogen) atoms. The van der Waals surface area contributed by atoms with Crippen LogP contribution in [0.15, 0.2) is 42.6 Å². The molecule has 1 aliphatic rings. The molecular weight excluding hydrogens is 272 g/mol. The lowest BCUT2D eigenvalue weighted by Crippen LogP contribution is -2.38. The molecule has 3 rings (SSSR count). The normalized spacial score (nSPS) is 16.6. The van der Waals surface area contributed by atoms with Gasteiger partial charge in [-0.25, -0.2) is 4.98 Å². The SMILES string of the molecule is Cc1cnc(NC2CCN(Cc3ccccc3)CC2)c(N)c1. The Morgan fingerprint density at radius 1 is 1.23 bits per heavy atom. The molecule has 1 aromatic carbocycles. The molecule has 2 heterocycles. The van der Waals surface area contributed by atoms with Crippen molar-refractivity contribution in [2.24, 2.45) is 0 Å². The van der Waals surface area contributed by atoms with Crippen LogP contribution in [0.3, 0.4) is 0 Å². The van der Waals surface area contributed by atoms with E-state index < -0.39 is 0 Å². The molecule has 1 aromatic heterocycles. The quantitative estimate of drug-likeness (QED) is 0.910. The van der Waals surface area contributed by atoms with E-state index in [4.69, 9.17) is 5.73 Å². The van der Waals surface area contributed by atoms with Gasteiger partial charge in [0.1, 0.15) is 5.82 Å². The first-order valence-electron chi connectivity index (χ1n) is 7.95. The van der Waals surface area contributed by atoms with Crippen molar-refractivity contribution >= 4 is 11.5 Å². The number of rotatable bonds is 4. The van der Waals surface area contributed by atoms with Gasteiger partial charge in [-0.2, -0.15) is 0 Å². The van der Waals surface area contributed by atoms with Crippen LogP contribution in [0.25, 0.3) is 0 Å². The van der Waals surface area contributed by atoms with Gasteiger partial charge in [-0.3, -0.25) is 4.90 Å². The van der Waals surface area contributed by atoms with E-state index in [1.165, 1.54) is 5.56 Å². The van der Waals surface area contributed by atoms with Crippen molar-refractivity contribution < 1.29 is 0 Å². The highest BCUT2D eigenvalue weighted by atomic mass is 15.1. The molecule has 2 aromatic rings. The van der Waals surface area contributed by atoms with Gasteiger partial charge in [0.2, 0.25) is 0 Å². The van der Waals surface area contributed by atoms with Crippen LogP contribution >= 0.6 is 0 Å². The highest BCUT2D eigenvalue weighted by Crippen LogP contribution is 2.21. The summed E-state index contributed by atoms with van der Waals surface area (Å²) < 4.78 is 0. The van der Waals surface area contributed by atoms with Gasteiger partial charge < -0.3 is 11.1 Å². The summed E-state index contributed by atoms with van der Waals surface area (Å²) in [6.07, 6.45) is 4.12. The first-order valence-corrected chi connectivity index (χ1v) is 7.95. The van der Waals surface area contributed by atoms with Crippen molar-refractivity contribution in [2.75, 3.05) is 24.1 Å². The van der Waals surface area contributed by atoms with Crippen LogP contribution in [0.1, 0.15) is 24.0 Å². The number of benzene rings is 1. The van der Waals surface area contributed by atoms with Crippen LogP contribution in [0.4, 0.5) is 11.5 Å². The van der Waals surface area contributed by atoms with Gasteiger partial charge in [0.05, 0.1) is 5.69 Å². The number of nitrogens with one attached hydrogen (secondary N) is 1. The van der Waals surface area contributed by atoms with Gasteiger partial charge in [-0.1, -0.05) is 30.3 Å². The second-order valence-electron chi connectivity index (χ2n) is 6.13. The molecule has 116 valence electrons. The predicted molar refractivity (Wildman–Crippen MR) is 91.8 cm³/mol. The third kappa shape index (κ3) is 3.77. The Labute approximate surface area is 132 Å². The van der Waals surface area contributed by atoms with Crippen LogP contribution in [0.2, 0.25) is 0 Å². The van der Waals surface area contributed by atoms with Gasteiger partial charge >= 0.3 is 0 Å². The smallest absolute Gasteiger partial charge is 0.149 e. The molecule has 0 saturated carbocycles. The highest BCUT2D eigenvalue weighted by molar-refractivity contribution is 5.62. The maximum Gasteiger partial charge on any atom is 0.149 e. The second-order valence-corrected chi connectivity index (χ2v) is 6.13. The number of nitrogens with two attached hydrogens (primary N) is 1. The molecule has 3 N–H and O–H groups in total. The lowest BCUT2D eigenvalue weighted by molar-refractivity contribution is 0.211. The summed E-state index contributed by atoms with van der Waals surface area (Å²) in [7, 11) is 0. The minimum absolute atomic E-state index is 0.463. The van der Waals surface area contributed by atoms with Crippen molar-refractivity contribution in [3.63, 3.8) is 0 Å². The molecule has 1 saturated heterocycles. The molecule has 0 amide bonds. The summed E-state index contributed by atoms with van der Waals surface area (Å²) in [6, 6.07) is 13.1. The first kappa shape index (κ1) is 14.9. The van der Waals surface area contributed by atoms with E-state index in [-0.39, 0.29) is 0 Å². The average Bonchev–Trinajstić information content (AvgIpc) is 2.53. The number of hydrogen-bond acceptors (Lipinski definition) is 4. The summed E-state index contributed by atoms with van der Waals surface area (Å²) in [6.45, 7) is 5.27. The monoisotopic (exact) mass is 296 g/mol. The Morgan fingerprint density at radius 2 is 1.95 bits per heavy atom. The average molecular weight is 296 g/mol. The van der Waals surface area contributed by atoms with E-state index in [9.17, 15) is 0 Å². The molecule has 0 spiro atoms. The van der Waals surface area contributed by atoms with Gasteiger partial charge in [0.15, 0.2) is 0 Å². The molecule has 4 nitrogen and oxygen atoms in total. The lowest BCUT2D eigenvalue weighted by atomic mass is 10.0. The zero-order valence-corrected chi connectivity index (χ0v) is 13.1. The van der Waals surface area contributed by atoms with Crippen LogP contribution in [0.5, 0.6) is 0 Å². The lowest BCUT2D eigenvalue weighted by Gasteiger charge is -2.32. The number of piperidine rings is 1. The predicted octanol–water partition coefficient (Wildman–Crippen LogP) is 3.05. The van der Waals surface area contributed by atoms with Gasteiger partial charge in [-0.15, -0.1) is 0 Å². The van der Waals surface area contributed by atoms with E-state index in [0.717, 1.165) is 49.5 Å². The Kier molecular flexibility index (Phi) is 4.59. The number of nitrogens with zero attached hydrogens (tertiary/aromatic N) is 2. The van der Waals surface area contributed by atoms with Crippen LogP contribution in [0, 0.1) is 6.92 Å². The summed E-state index contributed by atoms with van der Waals surface area (Å²) >= 11 is 0. The largest absolute Gasteiger partial charge is 0.396 e. The van der Waals surface area contributed by atoms with E-state index >= 15 is 0 Å². The van der Waals surface area contributed by atoms with Crippen LogP contribution in [-0.4, -0.2) is 29.0 Å². The van der Waals surface area contributed by atoms with Crippen molar-refractivity contribution in [3.8, 4) is 0 Å². The number of nitrogen functional groups attached to an aromatic ring is 1. The Bertz CT molecular complexity index is 604. The zero-order valence-electron chi connectivity index (χ0n) is 13.1. The fourth-order valence-corrected chi connectivity index (χ4v) is 2.98. The summed E-state index contributed by atoms with van der Waals surface area (Å²) in [4.78, 5) is 6.92. The van der Waals surface area contributed by atoms with Crippen molar-refractivity contribution in [2.45, 2.75) is 32.4 Å². The fourth-order valence-electron chi connectivity index (χ4n) is 2.98. The molecule has 1 aliphatic heterocycles. The Morgan fingerprint density at radius 3 is 2.64 bits per heavy atom. The third-order valence-electron chi connectivity index (χ3n) is 4.23. The van der Waals surface area contributed by atoms with Crippen molar-refractivity contribution in [1.82, 2.24) is 9.88 Å². The zero-order chi connectivity index (χ0) is 15.4. The number of aromatic nitrogens is 1. The van der Waals surface area contributed by atoms with Gasteiger partial charge in [-0.05, 0) is 37.0 Å². The summed E-state index contributed by atoms with van der Waals surface area (Å²) in [5.74, 6) is 0.826. The van der Waals surface area contributed by atoms with E-state index in [1.807, 2.05) is 19.2 Å². The highest BCUT2D eigenvalue weighted by Gasteiger charge is 2.20. The minimum atomic E-state index is 0.463. The molecule has 0 aliphatic carbocycles. The Balaban J connectivity index is 1.51. The molecule has 0 atom stereocenters. The maximum atomic E-state index is 6.03. The molecule has 0 unspecified atom stereocenters. The number of pyridine rings is 1. The third-order valence-corrected chi connectivity index (χ3v) is 4.23. The Hall–Kier alpha value is -2.07. The van der Waals surface area contributed by atoms with E-state index in [1.54, 1.807) is 0 Å². The van der Waals surface area contributed by atoms with Gasteiger partial charge in [0.25, 0.3) is 0 Å². The molecule has 0 bridgehead atoms. The number of likely N-dealkylation sites (tertiary alicyclic amines) is 1. The summed E-state index contributed by atoms with van der Waals surface area (Å²) in [5, 5.41) is 3.50.